The van der Waals surface area contributed by atoms with Crippen LogP contribution in [-0.2, 0) is 9.59 Å². The molecule has 24 heavy (non-hydrogen) atoms. The summed E-state index contributed by atoms with van der Waals surface area (Å²) in [5, 5.41) is 0. The van der Waals surface area contributed by atoms with Gasteiger partial charge in [0.1, 0.15) is 0 Å². The van der Waals surface area contributed by atoms with Crippen molar-refractivity contribution in [3.05, 3.63) is 0 Å². The summed E-state index contributed by atoms with van der Waals surface area (Å²) in [6.45, 7) is 3.41. The Labute approximate surface area is 145 Å². The fraction of sp³-hybridized carbons (Fsp3) is 0.900. The molecule has 0 aromatic rings. The zero-order chi connectivity index (χ0) is 16.6. The molecule has 0 aromatic carbocycles. The van der Waals surface area contributed by atoms with Crippen molar-refractivity contribution in [2.24, 2.45) is 17.3 Å². The van der Waals surface area contributed by atoms with Crippen LogP contribution in [0.4, 0.5) is 0 Å². The lowest BCUT2D eigenvalue weighted by Crippen LogP contribution is -2.51. The number of nitrogens with zero attached hydrogens (tertiary/aromatic N) is 2. The maximum atomic E-state index is 13.1. The zero-order valence-electron chi connectivity index (χ0n) is 15.0. The van der Waals surface area contributed by atoms with Crippen LogP contribution < -0.4 is 0 Å². The van der Waals surface area contributed by atoms with E-state index in [1.54, 1.807) is 0 Å². The highest BCUT2D eigenvalue weighted by molar-refractivity contribution is 5.86. The molecule has 0 aromatic heterocycles. The third-order valence-electron chi connectivity index (χ3n) is 6.87. The fourth-order valence-corrected chi connectivity index (χ4v) is 5.16. The van der Waals surface area contributed by atoms with Crippen LogP contribution in [-0.4, -0.2) is 47.8 Å². The average Bonchev–Trinajstić information content (AvgIpc) is 3.36. The van der Waals surface area contributed by atoms with Crippen molar-refractivity contribution in [2.45, 2.75) is 70.6 Å². The van der Waals surface area contributed by atoms with Gasteiger partial charge in [-0.3, -0.25) is 9.59 Å². The van der Waals surface area contributed by atoms with E-state index < -0.39 is 0 Å². The molecule has 0 radical (unpaired) electrons. The Hall–Kier alpha value is -1.06. The van der Waals surface area contributed by atoms with Gasteiger partial charge in [0, 0.05) is 32.1 Å². The summed E-state index contributed by atoms with van der Waals surface area (Å²) >= 11 is 0. The van der Waals surface area contributed by atoms with Gasteiger partial charge in [0.05, 0.1) is 5.41 Å². The first-order valence-electron chi connectivity index (χ1n) is 10.3. The first-order chi connectivity index (χ1) is 11.7. The Morgan fingerprint density at radius 1 is 0.958 bits per heavy atom. The van der Waals surface area contributed by atoms with Gasteiger partial charge in [0.25, 0.3) is 0 Å². The van der Waals surface area contributed by atoms with Crippen molar-refractivity contribution < 1.29 is 9.59 Å². The molecular weight excluding hydrogens is 300 g/mol. The molecule has 0 bridgehead atoms. The highest BCUT2D eigenvalue weighted by atomic mass is 16.2. The van der Waals surface area contributed by atoms with Gasteiger partial charge in [-0.2, -0.15) is 0 Å². The summed E-state index contributed by atoms with van der Waals surface area (Å²) in [7, 11) is 0. The molecule has 4 rings (SSSR count). The van der Waals surface area contributed by atoms with Crippen LogP contribution in [0.3, 0.4) is 0 Å². The van der Waals surface area contributed by atoms with E-state index in [1.165, 1.54) is 38.5 Å². The van der Waals surface area contributed by atoms with Crippen LogP contribution in [0.2, 0.25) is 0 Å². The van der Waals surface area contributed by atoms with Crippen LogP contribution in [0, 0.1) is 17.3 Å². The first-order valence-corrected chi connectivity index (χ1v) is 10.3. The maximum absolute atomic E-state index is 13.1. The quantitative estimate of drug-likeness (QED) is 0.745. The predicted molar refractivity (Wildman–Crippen MR) is 93.4 cm³/mol. The number of carbonyl (C=O) groups excluding carboxylic acids is 2. The minimum absolute atomic E-state index is 0.226. The molecule has 2 aliphatic carbocycles. The Bertz CT molecular complexity index is 494. The summed E-state index contributed by atoms with van der Waals surface area (Å²) in [4.78, 5) is 30.2. The van der Waals surface area contributed by atoms with E-state index in [1.807, 2.05) is 0 Å². The van der Waals surface area contributed by atoms with Crippen molar-refractivity contribution in [1.29, 1.82) is 0 Å². The van der Waals surface area contributed by atoms with Crippen molar-refractivity contribution in [2.75, 3.05) is 26.2 Å². The Kier molecular flexibility index (Phi) is 4.57. The lowest BCUT2D eigenvalue weighted by atomic mass is 9.78. The molecule has 4 heteroatoms. The van der Waals surface area contributed by atoms with Crippen molar-refractivity contribution in [3.8, 4) is 0 Å². The summed E-state index contributed by atoms with van der Waals surface area (Å²) in [5.74, 6) is 1.69. The minimum atomic E-state index is -0.243. The van der Waals surface area contributed by atoms with Gasteiger partial charge in [-0.25, -0.2) is 0 Å². The van der Waals surface area contributed by atoms with E-state index in [-0.39, 0.29) is 11.3 Å². The fourth-order valence-electron chi connectivity index (χ4n) is 5.16. The molecule has 2 saturated heterocycles. The van der Waals surface area contributed by atoms with Crippen molar-refractivity contribution in [3.63, 3.8) is 0 Å². The number of carbonyl (C=O) groups is 2. The second-order valence-corrected chi connectivity index (χ2v) is 8.78. The Balaban J connectivity index is 1.40. The van der Waals surface area contributed by atoms with Crippen molar-refractivity contribution >= 4 is 11.8 Å². The number of likely N-dealkylation sites (tertiary alicyclic amines) is 2. The minimum Gasteiger partial charge on any atom is -0.342 e. The number of hydrogen-bond acceptors (Lipinski definition) is 2. The molecule has 1 spiro atoms. The highest BCUT2D eigenvalue weighted by Gasteiger charge is 2.50. The molecule has 1 atom stereocenters. The summed E-state index contributed by atoms with van der Waals surface area (Å²) in [5.41, 5.74) is -0.243. The number of amides is 2. The van der Waals surface area contributed by atoms with Crippen LogP contribution in [0.1, 0.15) is 70.6 Å². The number of rotatable bonds is 3. The molecule has 2 aliphatic heterocycles. The summed E-state index contributed by atoms with van der Waals surface area (Å²) in [6, 6.07) is 0. The van der Waals surface area contributed by atoms with E-state index in [0.717, 1.165) is 57.7 Å². The molecule has 4 fully saturated rings. The topological polar surface area (TPSA) is 40.6 Å². The molecule has 0 N–H and O–H groups in total. The van der Waals surface area contributed by atoms with E-state index in [9.17, 15) is 9.59 Å². The van der Waals surface area contributed by atoms with Crippen LogP contribution in [0.15, 0.2) is 0 Å². The van der Waals surface area contributed by atoms with Crippen LogP contribution >= 0.6 is 0 Å². The molecule has 2 saturated carbocycles. The molecule has 2 amide bonds. The van der Waals surface area contributed by atoms with Gasteiger partial charge in [0.2, 0.25) is 11.8 Å². The van der Waals surface area contributed by atoms with Gasteiger partial charge in [-0.05, 0) is 50.9 Å². The second-order valence-electron chi connectivity index (χ2n) is 8.78. The Morgan fingerprint density at radius 3 is 2.42 bits per heavy atom. The molecule has 134 valence electrons. The van der Waals surface area contributed by atoms with E-state index in [4.69, 9.17) is 0 Å². The van der Waals surface area contributed by atoms with Gasteiger partial charge < -0.3 is 9.80 Å². The largest absolute Gasteiger partial charge is 0.342 e. The predicted octanol–water partition coefficient (Wildman–Crippen LogP) is 3.21. The molecule has 0 unspecified atom stereocenters. The third kappa shape index (κ3) is 3.21. The molecule has 4 nitrogen and oxygen atoms in total. The SMILES string of the molecule is O=C(C1CCCCCC1)N1CC[C@@]2(CCCN(CC3CC3)C2=O)C1. The summed E-state index contributed by atoms with van der Waals surface area (Å²) < 4.78 is 0. The average molecular weight is 332 g/mol. The molecular formula is C20H32N2O2. The van der Waals surface area contributed by atoms with E-state index >= 15 is 0 Å². The number of piperidine rings is 1. The van der Waals surface area contributed by atoms with Crippen LogP contribution in [0.5, 0.6) is 0 Å². The van der Waals surface area contributed by atoms with Gasteiger partial charge in [0.15, 0.2) is 0 Å². The smallest absolute Gasteiger partial charge is 0.230 e. The first kappa shape index (κ1) is 16.4. The van der Waals surface area contributed by atoms with E-state index in [2.05, 4.69) is 9.80 Å². The zero-order valence-corrected chi connectivity index (χ0v) is 15.0. The summed E-state index contributed by atoms with van der Waals surface area (Å²) in [6.07, 6.45) is 12.7. The lowest BCUT2D eigenvalue weighted by molar-refractivity contribution is -0.146. The highest BCUT2D eigenvalue weighted by Crippen LogP contribution is 2.42. The second kappa shape index (κ2) is 6.68. The standard InChI is InChI=1S/C20H32N2O2/c23-18(17-6-3-1-2-4-7-17)22-13-11-20(15-22)10-5-12-21(19(20)24)14-16-8-9-16/h16-17H,1-15H2/t20-/m0/s1. The lowest BCUT2D eigenvalue weighted by Gasteiger charge is -2.39. The normalized spacial score (nSPS) is 32.4. The van der Waals surface area contributed by atoms with Gasteiger partial charge >= 0.3 is 0 Å². The third-order valence-corrected chi connectivity index (χ3v) is 6.87. The molecule has 2 heterocycles. The van der Waals surface area contributed by atoms with Gasteiger partial charge in [-0.15, -0.1) is 0 Å². The Morgan fingerprint density at radius 2 is 1.71 bits per heavy atom. The molecule has 4 aliphatic rings. The van der Waals surface area contributed by atoms with Crippen LogP contribution in [0.25, 0.3) is 0 Å². The van der Waals surface area contributed by atoms with Crippen molar-refractivity contribution in [1.82, 2.24) is 9.80 Å². The number of hydrogen-bond donors (Lipinski definition) is 0. The maximum Gasteiger partial charge on any atom is 0.230 e. The monoisotopic (exact) mass is 332 g/mol. The van der Waals surface area contributed by atoms with E-state index in [0.29, 0.717) is 18.4 Å². The van der Waals surface area contributed by atoms with Gasteiger partial charge in [-0.1, -0.05) is 25.7 Å².